The summed E-state index contributed by atoms with van der Waals surface area (Å²) in [4.78, 5) is 23.5. The van der Waals surface area contributed by atoms with Crippen LogP contribution in [0.2, 0.25) is 0 Å². The van der Waals surface area contributed by atoms with Crippen LogP contribution in [-0.2, 0) is 0 Å². The van der Waals surface area contributed by atoms with E-state index in [4.69, 9.17) is 4.74 Å². The second kappa shape index (κ2) is 6.08. The lowest BCUT2D eigenvalue weighted by molar-refractivity contribution is -0.266. The molecule has 6 nitrogen and oxygen atoms in total. The van der Waals surface area contributed by atoms with Gasteiger partial charge in [0.2, 0.25) is 0 Å². The first kappa shape index (κ1) is 13.2. The van der Waals surface area contributed by atoms with Crippen LogP contribution in [0.1, 0.15) is 12.8 Å². The van der Waals surface area contributed by atoms with Crippen LogP contribution in [0.3, 0.4) is 0 Å². The molecule has 0 unspecified atom stereocenters. The van der Waals surface area contributed by atoms with E-state index in [2.05, 4.69) is 5.32 Å². The molecule has 0 aliphatic carbocycles. The molecule has 1 aliphatic heterocycles. The minimum absolute atomic E-state index is 0.0631. The lowest BCUT2D eigenvalue weighted by Crippen LogP contribution is -2.50. The summed E-state index contributed by atoms with van der Waals surface area (Å²) in [5.41, 5.74) is 0. The topological polar surface area (TPSA) is 81.7 Å². The van der Waals surface area contributed by atoms with Crippen molar-refractivity contribution < 1.29 is 19.4 Å². The van der Waals surface area contributed by atoms with Crippen molar-refractivity contribution in [3.05, 3.63) is 30.3 Å². The zero-order valence-corrected chi connectivity index (χ0v) is 10.4. The first-order valence-electron chi connectivity index (χ1n) is 6.14. The third-order valence-corrected chi connectivity index (χ3v) is 3.03. The molecule has 0 radical (unpaired) electrons. The molecule has 1 N–H and O–H groups in total. The Morgan fingerprint density at radius 2 is 1.84 bits per heavy atom. The first-order chi connectivity index (χ1) is 9.15. The van der Waals surface area contributed by atoms with Crippen LogP contribution in [0, 0.1) is 0 Å². The molecule has 102 valence electrons. The molecule has 1 heterocycles. The summed E-state index contributed by atoms with van der Waals surface area (Å²) in [6, 6.07) is 8.71. The number of ether oxygens (including phenoxy) is 1. The third kappa shape index (κ3) is 3.87. The number of benzene rings is 1. The van der Waals surface area contributed by atoms with Crippen LogP contribution >= 0.6 is 0 Å². The van der Waals surface area contributed by atoms with Gasteiger partial charge in [-0.2, -0.15) is 0 Å². The van der Waals surface area contributed by atoms with E-state index in [0.29, 0.717) is 31.7 Å². The molecule has 1 saturated heterocycles. The van der Waals surface area contributed by atoms with Crippen molar-refractivity contribution in [3.8, 4) is 5.75 Å². The van der Waals surface area contributed by atoms with Crippen LogP contribution in [-0.4, -0.2) is 36.2 Å². The molecule has 1 aromatic rings. The number of nitrogens with one attached hydrogen (secondary N) is 1. The molecule has 0 aromatic heterocycles. The van der Waals surface area contributed by atoms with Crippen LogP contribution in [0.25, 0.3) is 0 Å². The minimum Gasteiger partial charge on any atom is -0.530 e. The number of para-hydroxylation sites is 1. The Kier molecular flexibility index (Phi) is 4.22. The fraction of sp³-hybridized carbons (Fsp3) is 0.385. The molecule has 0 saturated carbocycles. The van der Waals surface area contributed by atoms with Gasteiger partial charge in [0.1, 0.15) is 11.8 Å². The molecule has 1 aromatic carbocycles. The van der Waals surface area contributed by atoms with Gasteiger partial charge in [0.05, 0.1) is 0 Å². The number of hydrogen-bond donors (Lipinski definition) is 1. The number of piperidine rings is 1. The Balaban J connectivity index is 1.76. The van der Waals surface area contributed by atoms with Crippen LogP contribution in [0.5, 0.6) is 5.75 Å². The van der Waals surface area contributed by atoms with Gasteiger partial charge in [0.25, 0.3) is 0 Å². The summed E-state index contributed by atoms with van der Waals surface area (Å²) in [5, 5.41) is 13.4. The Morgan fingerprint density at radius 3 is 2.42 bits per heavy atom. The summed E-state index contributed by atoms with van der Waals surface area (Å²) in [6.45, 7) is 0.747. The van der Waals surface area contributed by atoms with Crippen LogP contribution in [0.15, 0.2) is 30.3 Å². The lowest BCUT2D eigenvalue weighted by Gasteiger charge is -2.33. The maximum atomic E-state index is 11.6. The highest BCUT2D eigenvalue weighted by Crippen LogP contribution is 2.12. The quantitative estimate of drug-likeness (QED) is 0.846. The Bertz CT molecular complexity index is 441. The number of carboxylic acid groups (broad SMARTS) is 1. The van der Waals surface area contributed by atoms with E-state index in [-0.39, 0.29) is 6.04 Å². The molecule has 2 amide bonds. The van der Waals surface area contributed by atoms with E-state index >= 15 is 0 Å². The Morgan fingerprint density at radius 1 is 1.21 bits per heavy atom. The highest BCUT2D eigenvalue weighted by Gasteiger charge is 2.21. The van der Waals surface area contributed by atoms with Gasteiger partial charge in [-0.1, -0.05) is 18.2 Å². The molecule has 6 heteroatoms. The zero-order chi connectivity index (χ0) is 13.7. The van der Waals surface area contributed by atoms with Crippen LogP contribution in [0.4, 0.5) is 9.59 Å². The summed E-state index contributed by atoms with van der Waals surface area (Å²) >= 11 is 0. The van der Waals surface area contributed by atoms with E-state index < -0.39 is 12.2 Å². The second-order valence-corrected chi connectivity index (χ2v) is 4.37. The van der Waals surface area contributed by atoms with Gasteiger partial charge in [-0.25, -0.2) is 4.79 Å². The normalized spacial score (nSPS) is 15.9. The number of likely N-dealkylation sites (tertiary alicyclic amines) is 1. The smallest absolute Gasteiger partial charge is 0.412 e. The summed E-state index contributed by atoms with van der Waals surface area (Å²) in [5.74, 6) is 0.479. The van der Waals surface area contributed by atoms with Crippen molar-refractivity contribution in [2.24, 2.45) is 0 Å². The molecule has 19 heavy (non-hydrogen) atoms. The zero-order valence-electron chi connectivity index (χ0n) is 10.4. The fourth-order valence-electron chi connectivity index (χ4n) is 2.00. The molecule has 0 spiro atoms. The predicted molar refractivity (Wildman–Crippen MR) is 65.6 cm³/mol. The predicted octanol–water partition coefficient (Wildman–Crippen LogP) is 0.583. The van der Waals surface area contributed by atoms with Crippen LogP contribution < -0.4 is 15.2 Å². The molecule has 0 atom stereocenters. The first-order valence-corrected chi connectivity index (χ1v) is 6.14. The summed E-state index contributed by atoms with van der Waals surface area (Å²) in [6.07, 6.45) is -0.543. The maximum Gasteiger partial charge on any atom is 0.412 e. The van der Waals surface area contributed by atoms with Crippen molar-refractivity contribution in [3.63, 3.8) is 0 Å². The van der Waals surface area contributed by atoms with E-state index in [0.717, 1.165) is 0 Å². The number of nitrogens with zero attached hydrogens (tertiary/aromatic N) is 1. The van der Waals surface area contributed by atoms with Gasteiger partial charge in [-0.05, 0) is 25.0 Å². The van der Waals surface area contributed by atoms with Crippen molar-refractivity contribution in [2.75, 3.05) is 13.1 Å². The molecule has 0 bridgehead atoms. The Hall–Kier alpha value is -2.24. The number of hydrogen-bond acceptors (Lipinski definition) is 4. The Labute approximate surface area is 111 Å². The molecular formula is C13H15N2O4-. The molecule has 1 fully saturated rings. The highest BCUT2D eigenvalue weighted by atomic mass is 16.6. The number of amides is 2. The van der Waals surface area contributed by atoms with Gasteiger partial charge < -0.3 is 24.9 Å². The number of rotatable bonds is 2. The monoisotopic (exact) mass is 263 g/mol. The lowest BCUT2D eigenvalue weighted by atomic mass is 10.1. The average Bonchev–Trinajstić information content (AvgIpc) is 2.40. The van der Waals surface area contributed by atoms with Gasteiger partial charge in [0, 0.05) is 19.1 Å². The van der Waals surface area contributed by atoms with Crippen molar-refractivity contribution in [1.82, 2.24) is 10.2 Å². The highest BCUT2D eigenvalue weighted by molar-refractivity contribution is 5.70. The number of carbonyl (C=O) groups is 2. The van der Waals surface area contributed by atoms with E-state index in [9.17, 15) is 14.7 Å². The van der Waals surface area contributed by atoms with Gasteiger partial charge in [0.15, 0.2) is 0 Å². The largest absolute Gasteiger partial charge is 0.530 e. The SMILES string of the molecule is O=C(NC1CCN(C(=O)[O-])CC1)Oc1ccccc1. The third-order valence-electron chi connectivity index (χ3n) is 3.03. The number of carbonyl (C=O) groups excluding carboxylic acids is 2. The summed E-state index contributed by atoms with van der Waals surface area (Å²) < 4.78 is 5.10. The van der Waals surface area contributed by atoms with Crippen molar-refractivity contribution >= 4 is 12.2 Å². The maximum absolute atomic E-state index is 11.6. The summed E-state index contributed by atoms with van der Waals surface area (Å²) in [7, 11) is 0. The average molecular weight is 263 g/mol. The van der Waals surface area contributed by atoms with Gasteiger partial charge in [-0.15, -0.1) is 0 Å². The molecular weight excluding hydrogens is 248 g/mol. The van der Waals surface area contributed by atoms with E-state index in [1.165, 1.54) is 4.90 Å². The fourth-order valence-corrected chi connectivity index (χ4v) is 2.00. The van der Waals surface area contributed by atoms with Crippen molar-refractivity contribution in [2.45, 2.75) is 18.9 Å². The molecule has 2 rings (SSSR count). The molecule has 1 aliphatic rings. The second-order valence-electron chi connectivity index (χ2n) is 4.37. The van der Waals surface area contributed by atoms with Crippen molar-refractivity contribution in [1.29, 1.82) is 0 Å². The van der Waals surface area contributed by atoms with E-state index in [1.54, 1.807) is 24.3 Å². The van der Waals surface area contributed by atoms with Gasteiger partial charge in [-0.3, -0.25) is 0 Å². The minimum atomic E-state index is -1.16. The van der Waals surface area contributed by atoms with Gasteiger partial charge >= 0.3 is 6.09 Å². The standard InChI is InChI=1S/C13H16N2O4/c16-12(19-11-4-2-1-3-5-11)14-10-6-8-15(9-7-10)13(17)18/h1-5,10H,6-9H2,(H,14,16)(H,17,18)/p-1. The van der Waals surface area contributed by atoms with E-state index in [1.807, 2.05) is 6.07 Å².